The minimum atomic E-state index is -0.336. The number of aliphatic hydroxyl groups excluding tert-OH is 1. The maximum Gasteiger partial charge on any atom is 0.119 e. The second kappa shape index (κ2) is 8.32. The lowest BCUT2D eigenvalue weighted by Crippen LogP contribution is -2.38. The van der Waals surface area contributed by atoms with E-state index in [1.165, 1.54) is 5.56 Å². The summed E-state index contributed by atoms with van der Waals surface area (Å²) in [5.74, 6) is 1.30. The summed E-state index contributed by atoms with van der Waals surface area (Å²) >= 11 is 0. The molecule has 2 aromatic rings. The molecule has 1 unspecified atom stereocenters. The standard InChI is InChI=1S/C21H27NO2/c1-17-7-9-20(10-8-17)24-16-15-22-13-11-19(12-14-22)21(23)18-5-3-2-4-6-18/h2-10,19,21,23H,11-16H2,1H3. The van der Waals surface area contributed by atoms with Gasteiger partial charge < -0.3 is 9.84 Å². The van der Waals surface area contributed by atoms with Crippen molar-refractivity contribution in [3.63, 3.8) is 0 Å². The maximum atomic E-state index is 10.5. The van der Waals surface area contributed by atoms with Crippen LogP contribution < -0.4 is 4.74 Å². The molecule has 0 saturated carbocycles. The van der Waals surface area contributed by atoms with E-state index in [2.05, 4.69) is 24.0 Å². The van der Waals surface area contributed by atoms with Gasteiger partial charge in [0.05, 0.1) is 6.10 Å². The molecule has 3 rings (SSSR count). The van der Waals surface area contributed by atoms with Crippen molar-refractivity contribution < 1.29 is 9.84 Å². The molecule has 0 aromatic heterocycles. The van der Waals surface area contributed by atoms with Crippen LogP contribution in [0.5, 0.6) is 5.75 Å². The van der Waals surface area contributed by atoms with Gasteiger partial charge in [0, 0.05) is 6.54 Å². The second-order valence-corrected chi connectivity index (χ2v) is 6.70. The van der Waals surface area contributed by atoms with E-state index < -0.39 is 0 Å². The summed E-state index contributed by atoms with van der Waals surface area (Å²) in [5.41, 5.74) is 2.29. The lowest BCUT2D eigenvalue weighted by Gasteiger charge is -2.34. The zero-order valence-electron chi connectivity index (χ0n) is 14.4. The maximum absolute atomic E-state index is 10.5. The third kappa shape index (κ3) is 4.59. The molecule has 3 heteroatoms. The highest BCUT2D eigenvalue weighted by molar-refractivity contribution is 5.26. The zero-order chi connectivity index (χ0) is 16.8. The van der Waals surface area contributed by atoms with Gasteiger partial charge in [0.1, 0.15) is 12.4 Å². The van der Waals surface area contributed by atoms with Gasteiger partial charge in [-0.05, 0) is 56.5 Å². The summed E-state index contributed by atoms with van der Waals surface area (Å²) in [6.07, 6.45) is 1.75. The fourth-order valence-corrected chi connectivity index (χ4v) is 3.34. The smallest absolute Gasteiger partial charge is 0.119 e. The highest BCUT2D eigenvalue weighted by atomic mass is 16.5. The number of rotatable bonds is 6. The van der Waals surface area contributed by atoms with Crippen LogP contribution in [0, 0.1) is 12.8 Å². The van der Waals surface area contributed by atoms with Crippen molar-refractivity contribution in [1.82, 2.24) is 4.90 Å². The quantitative estimate of drug-likeness (QED) is 0.876. The van der Waals surface area contributed by atoms with Gasteiger partial charge in [0.15, 0.2) is 0 Å². The molecule has 128 valence electrons. The third-order valence-electron chi connectivity index (χ3n) is 4.92. The van der Waals surface area contributed by atoms with Crippen LogP contribution in [-0.2, 0) is 0 Å². The molecule has 0 bridgehead atoms. The van der Waals surface area contributed by atoms with E-state index in [0.29, 0.717) is 5.92 Å². The number of ether oxygens (including phenoxy) is 1. The molecule has 1 atom stereocenters. The largest absolute Gasteiger partial charge is 0.492 e. The summed E-state index contributed by atoms with van der Waals surface area (Å²) in [5, 5.41) is 10.5. The Morgan fingerprint density at radius 1 is 1.04 bits per heavy atom. The first kappa shape index (κ1) is 17.0. The van der Waals surface area contributed by atoms with Crippen molar-refractivity contribution >= 4 is 0 Å². The van der Waals surface area contributed by atoms with Gasteiger partial charge in [-0.2, -0.15) is 0 Å². The van der Waals surface area contributed by atoms with Crippen LogP contribution in [0.15, 0.2) is 54.6 Å². The minimum Gasteiger partial charge on any atom is -0.492 e. The Hall–Kier alpha value is -1.84. The zero-order valence-corrected chi connectivity index (χ0v) is 14.4. The molecule has 1 aliphatic rings. The van der Waals surface area contributed by atoms with Crippen molar-refractivity contribution in [1.29, 1.82) is 0 Å². The number of aliphatic hydroxyl groups is 1. The van der Waals surface area contributed by atoms with Crippen molar-refractivity contribution in [2.45, 2.75) is 25.9 Å². The number of hydrogen-bond acceptors (Lipinski definition) is 3. The lowest BCUT2D eigenvalue weighted by molar-refractivity contribution is 0.0550. The Balaban J connectivity index is 1.40. The van der Waals surface area contributed by atoms with E-state index in [1.54, 1.807) is 0 Å². The van der Waals surface area contributed by atoms with E-state index in [4.69, 9.17) is 4.74 Å². The van der Waals surface area contributed by atoms with Crippen molar-refractivity contribution in [2.75, 3.05) is 26.2 Å². The van der Waals surface area contributed by atoms with Crippen LogP contribution in [0.1, 0.15) is 30.1 Å². The fraction of sp³-hybridized carbons (Fsp3) is 0.429. The predicted molar refractivity (Wildman–Crippen MR) is 97.2 cm³/mol. The Kier molecular flexibility index (Phi) is 5.89. The monoisotopic (exact) mass is 325 g/mol. The number of piperidine rings is 1. The van der Waals surface area contributed by atoms with E-state index in [-0.39, 0.29) is 6.10 Å². The van der Waals surface area contributed by atoms with Gasteiger partial charge in [0.2, 0.25) is 0 Å². The fourth-order valence-electron chi connectivity index (χ4n) is 3.34. The summed E-state index contributed by atoms with van der Waals surface area (Å²) in [6.45, 7) is 5.81. The number of benzene rings is 2. The lowest BCUT2D eigenvalue weighted by atomic mass is 9.87. The SMILES string of the molecule is Cc1ccc(OCCN2CCC(C(O)c3ccccc3)CC2)cc1. The molecule has 1 heterocycles. The molecule has 0 aliphatic carbocycles. The summed E-state index contributed by atoms with van der Waals surface area (Å²) in [4.78, 5) is 2.43. The Bertz CT molecular complexity index is 603. The Morgan fingerprint density at radius 2 is 1.71 bits per heavy atom. The molecule has 1 N–H and O–H groups in total. The summed E-state index contributed by atoms with van der Waals surface area (Å²) in [6, 6.07) is 18.2. The minimum absolute atomic E-state index is 0.336. The van der Waals surface area contributed by atoms with Crippen LogP contribution in [0.3, 0.4) is 0 Å². The highest BCUT2D eigenvalue weighted by Crippen LogP contribution is 2.30. The number of hydrogen-bond donors (Lipinski definition) is 1. The first-order valence-corrected chi connectivity index (χ1v) is 8.87. The van der Waals surface area contributed by atoms with E-state index >= 15 is 0 Å². The molecule has 1 saturated heterocycles. The van der Waals surface area contributed by atoms with Crippen molar-refractivity contribution in [2.24, 2.45) is 5.92 Å². The van der Waals surface area contributed by atoms with Crippen LogP contribution in [-0.4, -0.2) is 36.2 Å². The molecule has 1 fully saturated rings. The van der Waals surface area contributed by atoms with Gasteiger partial charge in [0.25, 0.3) is 0 Å². The Morgan fingerprint density at radius 3 is 2.38 bits per heavy atom. The van der Waals surface area contributed by atoms with Crippen LogP contribution >= 0.6 is 0 Å². The summed E-state index contributed by atoms with van der Waals surface area (Å²) < 4.78 is 5.82. The van der Waals surface area contributed by atoms with Gasteiger partial charge in [-0.1, -0.05) is 48.0 Å². The van der Waals surface area contributed by atoms with Gasteiger partial charge in [-0.3, -0.25) is 4.90 Å². The van der Waals surface area contributed by atoms with Gasteiger partial charge in [-0.25, -0.2) is 0 Å². The number of aryl methyl sites for hydroxylation is 1. The second-order valence-electron chi connectivity index (χ2n) is 6.70. The van der Waals surface area contributed by atoms with E-state index in [9.17, 15) is 5.11 Å². The average Bonchev–Trinajstić information content (AvgIpc) is 2.64. The van der Waals surface area contributed by atoms with Crippen LogP contribution in [0.25, 0.3) is 0 Å². The first-order valence-electron chi connectivity index (χ1n) is 8.87. The normalized spacial score (nSPS) is 17.6. The molecule has 2 aromatic carbocycles. The molecule has 0 amide bonds. The molecule has 0 radical (unpaired) electrons. The topological polar surface area (TPSA) is 32.7 Å². The molecule has 0 spiro atoms. The molecular weight excluding hydrogens is 298 g/mol. The Labute approximate surface area is 144 Å². The van der Waals surface area contributed by atoms with Gasteiger partial charge >= 0.3 is 0 Å². The molecule has 24 heavy (non-hydrogen) atoms. The molecule has 1 aliphatic heterocycles. The van der Waals surface area contributed by atoms with Crippen molar-refractivity contribution in [3.8, 4) is 5.75 Å². The number of likely N-dealkylation sites (tertiary alicyclic amines) is 1. The predicted octanol–water partition coefficient (Wildman–Crippen LogP) is 3.82. The average molecular weight is 325 g/mol. The van der Waals surface area contributed by atoms with Crippen LogP contribution in [0.4, 0.5) is 0 Å². The number of nitrogens with zero attached hydrogens (tertiary/aromatic N) is 1. The van der Waals surface area contributed by atoms with Crippen molar-refractivity contribution in [3.05, 3.63) is 65.7 Å². The summed E-state index contributed by atoms with van der Waals surface area (Å²) in [7, 11) is 0. The molecule has 3 nitrogen and oxygen atoms in total. The first-order chi connectivity index (χ1) is 11.7. The van der Waals surface area contributed by atoms with Gasteiger partial charge in [-0.15, -0.1) is 0 Å². The van der Waals surface area contributed by atoms with E-state index in [1.807, 2.05) is 42.5 Å². The van der Waals surface area contributed by atoms with Crippen LogP contribution in [0.2, 0.25) is 0 Å². The third-order valence-corrected chi connectivity index (χ3v) is 4.92. The molecular formula is C21H27NO2. The van der Waals surface area contributed by atoms with E-state index in [0.717, 1.165) is 50.4 Å². The highest BCUT2D eigenvalue weighted by Gasteiger charge is 2.25.